The van der Waals surface area contributed by atoms with Crippen LogP contribution in [0.5, 0.6) is 0 Å². The van der Waals surface area contributed by atoms with Crippen molar-refractivity contribution in [3.8, 4) is 0 Å². The summed E-state index contributed by atoms with van der Waals surface area (Å²) in [6.45, 7) is 0. The molecule has 0 bridgehead atoms. The normalized spacial score (nSPS) is 21.7. The van der Waals surface area contributed by atoms with E-state index < -0.39 is 0 Å². The first-order valence-electron chi connectivity index (χ1n) is 6.12. The molecule has 0 nitrogen and oxygen atoms in total. The van der Waals surface area contributed by atoms with Crippen molar-refractivity contribution in [3.63, 3.8) is 0 Å². The molecular weight excluding hydrogens is 168 g/mol. The Morgan fingerprint density at radius 3 is 1.93 bits per heavy atom. The molecule has 79 valence electrons. The molecule has 0 N–H and O–H groups in total. The van der Waals surface area contributed by atoms with Crippen LogP contribution in [0.1, 0.15) is 57.8 Å². The van der Waals surface area contributed by atoms with Gasteiger partial charge in [-0.15, -0.1) is 0 Å². The van der Waals surface area contributed by atoms with E-state index in [-0.39, 0.29) is 0 Å². The van der Waals surface area contributed by atoms with Gasteiger partial charge in [0.1, 0.15) is 0 Å². The minimum atomic E-state index is 1.16. The predicted molar refractivity (Wildman–Crippen MR) is 64.1 cm³/mol. The molecule has 0 saturated heterocycles. The predicted octanol–water partition coefficient (Wildman–Crippen LogP) is 4.83. The number of hydrogen-bond acceptors (Lipinski definition) is 0. The summed E-state index contributed by atoms with van der Waals surface area (Å²) in [6.07, 6.45) is 23.5. The summed E-state index contributed by atoms with van der Waals surface area (Å²) < 4.78 is 0. The van der Waals surface area contributed by atoms with Crippen molar-refractivity contribution in [1.29, 1.82) is 0 Å². The van der Waals surface area contributed by atoms with Crippen molar-refractivity contribution in [3.05, 3.63) is 30.7 Å². The molecule has 1 aliphatic carbocycles. The smallest absolute Gasteiger partial charge is 0.0319 e. The minimum Gasteiger partial charge on any atom is -0.0885 e. The molecule has 0 heteroatoms. The molecule has 0 atom stereocenters. The first-order valence-corrected chi connectivity index (χ1v) is 6.12. The van der Waals surface area contributed by atoms with Crippen molar-refractivity contribution in [2.45, 2.75) is 57.8 Å². The van der Waals surface area contributed by atoms with Crippen LogP contribution in [0.25, 0.3) is 0 Å². The molecule has 0 amide bonds. The Morgan fingerprint density at radius 2 is 1.14 bits per heavy atom. The van der Waals surface area contributed by atoms with Gasteiger partial charge in [-0.2, -0.15) is 0 Å². The Kier molecular flexibility index (Phi) is 7.47. The highest BCUT2D eigenvalue weighted by atomic mass is 14.0. The van der Waals surface area contributed by atoms with Crippen LogP contribution in [-0.2, 0) is 0 Å². The van der Waals surface area contributed by atoms with Crippen LogP contribution in [0.3, 0.4) is 0 Å². The summed E-state index contributed by atoms with van der Waals surface area (Å²) >= 11 is 0. The summed E-state index contributed by atoms with van der Waals surface area (Å²) in [4.78, 5) is 0. The van der Waals surface area contributed by atoms with Gasteiger partial charge in [0.25, 0.3) is 0 Å². The minimum absolute atomic E-state index is 1.16. The van der Waals surface area contributed by atoms with E-state index in [1.807, 2.05) is 0 Å². The van der Waals surface area contributed by atoms with Gasteiger partial charge in [-0.1, -0.05) is 37.1 Å². The van der Waals surface area contributed by atoms with E-state index in [0.717, 1.165) is 6.42 Å². The molecule has 0 heterocycles. The topological polar surface area (TPSA) is 0 Å². The van der Waals surface area contributed by atoms with Gasteiger partial charge in [0.2, 0.25) is 0 Å². The maximum absolute atomic E-state index is 2.38. The lowest BCUT2D eigenvalue weighted by atomic mass is 10.1. The van der Waals surface area contributed by atoms with E-state index in [2.05, 4.69) is 30.7 Å². The second kappa shape index (κ2) is 9.05. The van der Waals surface area contributed by atoms with Gasteiger partial charge < -0.3 is 0 Å². The summed E-state index contributed by atoms with van der Waals surface area (Å²) in [6, 6.07) is 0. The fraction of sp³-hybridized carbons (Fsp3) is 0.643. The molecule has 1 radical (unpaired) electrons. The average molecular weight is 191 g/mol. The maximum Gasteiger partial charge on any atom is -0.0319 e. The van der Waals surface area contributed by atoms with Gasteiger partial charge in [-0.05, 0) is 51.4 Å². The Balaban J connectivity index is 2.16. The van der Waals surface area contributed by atoms with E-state index in [9.17, 15) is 0 Å². The molecule has 0 aromatic rings. The van der Waals surface area contributed by atoms with Gasteiger partial charge in [-0.3, -0.25) is 0 Å². The molecule has 0 aromatic carbocycles. The highest BCUT2D eigenvalue weighted by Crippen LogP contribution is 2.09. The fourth-order valence-corrected chi connectivity index (χ4v) is 1.76. The third-order valence-electron chi connectivity index (χ3n) is 2.67. The highest BCUT2D eigenvalue weighted by molar-refractivity contribution is 4.89. The third kappa shape index (κ3) is 6.94. The van der Waals surface area contributed by atoms with Gasteiger partial charge >= 0.3 is 0 Å². The van der Waals surface area contributed by atoms with E-state index in [1.165, 1.54) is 51.4 Å². The van der Waals surface area contributed by atoms with Gasteiger partial charge in [-0.25, -0.2) is 0 Å². The molecule has 0 spiro atoms. The largest absolute Gasteiger partial charge is 0.0885 e. The molecule has 0 aromatic heterocycles. The van der Waals surface area contributed by atoms with Crippen LogP contribution in [0.4, 0.5) is 0 Å². The summed E-state index contributed by atoms with van der Waals surface area (Å²) in [5, 5.41) is 0. The van der Waals surface area contributed by atoms with Crippen molar-refractivity contribution >= 4 is 0 Å². The molecule has 0 fully saturated rings. The zero-order valence-electron chi connectivity index (χ0n) is 9.25. The number of allylic oxidation sites excluding steroid dienone is 4. The maximum atomic E-state index is 2.38. The van der Waals surface area contributed by atoms with Crippen LogP contribution < -0.4 is 0 Å². The Labute approximate surface area is 89.1 Å². The zero-order chi connectivity index (χ0) is 9.90. The van der Waals surface area contributed by atoms with Gasteiger partial charge in [0.05, 0.1) is 0 Å². The molecule has 0 unspecified atom stereocenters. The lowest BCUT2D eigenvalue weighted by Gasteiger charge is -1.99. The van der Waals surface area contributed by atoms with Crippen molar-refractivity contribution in [2.75, 3.05) is 0 Å². The van der Waals surface area contributed by atoms with Crippen molar-refractivity contribution in [2.24, 2.45) is 0 Å². The lowest BCUT2D eigenvalue weighted by Crippen LogP contribution is -1.79. The second-order valence-corrected chi connectivity index (χ2v) is 4.04. The molecule has 0 aliphatic heterocycles. The standard InChI is InChI=1S/C14H23/c1-2-4-6-8-10-12-14-13-11-9-7-5-3-1/h1-2,5,11,13H,3-4,6-10,12,14H2. The van der Waals surface area contributed by atoms with Crippen LogP contribution in [0, 0.1) is 6.42 Å². The average Bonchev–Trinajstić information content (AvgIpc) is 2.22. The Hall–Kier alpha value is -0.520. The van der Waals surface area contributed by atoms with Crippen LogP contribution in [-0.4, -0.2) is 0 Å². The molecular formula is C14H23. The zero-order valence-corrected chi connectivity index (χ0v) is 9.25. The fourth-order valence-electron chi connectivity index (χ4n) is 1.76. The van der Waals surface area contributed by atoms with Crippen molar-refractivity contribution in [1.82, 2.24) is 0 Å². The van der Waals surface area contributed by atoms with Gasteiger partial charge in [0.15, 0.2) is 0 Å². The SMILES string of the molecule is [CH]1CC=CCCCCCCC=CCC1. The summed E-state index contributed by atoms with van der Waals surface area (Å²) in [5.74, 6) is 0. The van der Waals surface area contributed by atoms with E-state index >= 15 is 0 Å². The molecule has 1 rings (SSSR count). The quantitative estimate of drug-likeness (QED) is 0.481. The molecule has 0 saturated carbocycles. The lowest BCUT2D eigenvalue weighted by molar-refractivity contribution is 0.651. The van der Waals surface area contributed by atoms with E-state index in [4.69, 9.17) is 0 Å². The monoisotopic (exact) mass is 191 g/mol. The summed E-state index contributed by atoms with van der Waals surface area (Å²) in [7, 11) is 0. The van der Waals surface area contributed by atoms with Crippen molar-refractivity contribution < 1.29 is 0 Å². The van der Waals surface area contributed by atoms with Crippen LogP contribution in [0.2, 0.25) is 0 Å². The molecule has 14 heavy (non-hydrogen) atoms. The Bertz CT molecular complexity index is 145. The Morgan fingerprint density at radius 1 is 0.500 bits per heavy atom. The molecule has 1 aliphatic rings. The van der Waals surface area contributed by atoms with E-state index in [1.54, 1.807) is 0 Å². The van der Waals surface area contributed by atoms with Crippen LogP contribution >= 0.6 is 0 Å². The van der Waals surface area contributed by atoms with Gasteiger partial charge in [0, 0.05) is 0 Å². The third-order valence-corrected chi connectivity index (χ3v) is 2.67. The summed E-state index contributed by atoms with van der Waals surface area (Å²) in [5.41, 5.74) is 0. The van der Waals surface area contributed by atoms with E-state index in [0.29, 0.717) is 0 Å². The first-order chi connectivity index (χ1) is 7.00. The first kappa shape index (κ1) is 11.6. The van der Waals surface area contributed by atoms with Crippen LogP contribution in [0.15, 0.2) is 24.3 Å². The number of hydrogen-bond donors (Lipinski definition) is 0. The highest BCUT2D eigenvalue weighted by Gasteiger charge is 1.89. The second-order valence-electron chi connectivity index (χ2n) is 4.04. The number of rotatable bonds is 0.